The number of aryl methyl sites for hydroxylation is 1. The quantitative estimate of drug-likeness (QED) is 0.871. The molecule has 2 aromatic rings. The lowest BCUT2D eigenvalue weighted by atomic mass is 9.92. The lowest BCUT2D eigenvalue weighted by Gasteiger charge is -2.27. The summed E-state index contributed by atoms with van der Waals surface area (Å²) in [6, 6.07) is 8.29. The summed E-state index contributed by atoms with van der Waals surface area (Å²) in [6.45, 7) is 3.03. The number of para-hydroxylation sites is 1. The summed E-state index contributed by atoms with van der Waals surface area (Å²) >= 11 is 1.56. The lowest BCUT2D eigenvalue weighted by molar-refractivity contribution is -0.120. The van der Waals surface area contributed by atoms with E-state index in [1.54, 1.807) is 18.0 Å². The van der Waals surface area contributed by atoms with Gasteiger partial charge >= 0.3 is 0 Å². The van der Waals surface area contributed by atoms with E-state index in [0.29, 0.717) is 6.04 Å². The number of benzene rings is 1. The van der Waals surface area contributed by atoms with Crippen molar-refractivity contribution in [2.45, 2.75) is 35.9 Å². The highest BCUT2D eigenvalue weighted by atomic mass is 35.5. The molecule has 2 N–H and O–H groups in total. The van der Waals surface area contributed by atoms with Crippen LogP contribution in [0.5, 0.6) is 0 Å². The molecular weight excluding hydrogens is 344 g/mol. The van der Waals surface area contributed by atoms with Gasteiger partial charge in [-0.05, 0) is 50.2 Å². The largest absolute Gasteiger partial charge is 0.329 e. The molecule has 0 spiro atoms. The summed E-state index contributed by atoms with van der Waals surface area (Å²) in [5.41, 5.74) is 0.858. The molecule has 3 rings (SSSR count). The van der Waals surface area contributed by atoms with Crippen molar-refractivity contribution in [3.63, 3.8) is 0 Å². The fraction of sp³-hybridized carbons (Fsp3) is 0.412. The molecule has 24 heavy (non-hydrogen) atoms. The molecule has 1 aromatic heterocycles. The molecule has 2 heterocycles. The number of nitrogens with one attached hydrogen (secondary N) is 2. The van der Waals surface area contributed by atoms with Gasteiger partial charge in [0.05, 0.1) is 5.69 Å². The normalized spacial score (nSPS) is 20.2. The lowest BCUT2D eigenvalue weighted by Crippen LogP contribution is -2.40. The number of halogens is 1. The van der Waals surface area contributed by atoms with Crippen LogP contribution < -0.4 is 10.6 Å². The number of imidazole rings is 1. The minimum absolute atomic E-state index is 0. The van der Waals surface area contributed by atoms with E-state index in [2.05, 4.69) is 22.5 Å². The Hall–Kier alpha value is -1.50. The van der Waals surface area contributed by atoms with Gasteiger partial charge in [-0.25, -0.2) is 4.98 Å². The van der Waals surface area contributed by atoms with Gasteiger partial charge < -0.3 is 15.2 Å². The Morgan fingerprint density at radius 2 is 2.21 bits per heavy atom. The van der Waals surface area contributed by atoms with Crippen molar-refractivity contribution in [3.05, 3.63) is 36.7 Å². The number of piperidine rings is 1. The Morgan fingerprint density at radius 1 is 1.42 bits per heavy atom. The van der Waals surface area contributed by atoms with E-state index in [-0.39, 0.29) is 24.2 Å². The van der Waals surface area contributed by atoms with Crippen LogP contribution in [0.4, 0.5) is 5.69 Å². The van der Waals surface area contributed by atoms with Crippen LogP contribution in [-0.2, 0) is 11.8 Å². The second kappa shape index (κ2) is 8.55. The molecule has 2 atom stereocenters. The number of aromatic nitrogens is 2. The summed E-state index contributed by atoms with van der Waals surface area (Å²) < 4.78 is 1.97. The molecule has 0 saturated carbocycles. The molecule has 7 heteroatoms. The molecule has 1 aliphatic rings. The molecule has 0 radical (unpaired) electrons. The van der Waals surface area contributed by atoms with Crippen molar-refractivity contribution in [2.24, 2.45) is 13.0 Å². The zero-order valence-corrected chi connectivity index (χ0v) is 15.5. The van der Waals surface area contributed by atoms with Gasteiger partial charge in [-0.15, -0.1) is 12.4 Å². The molecule has 1 aliphatic heterocycles. The molecule has 130 valence electrons. The first kappa shape index (κ1) is 18.8. The maximum Gasteiger partial charge on any atom is 0.227 e. The first-order valence-corrected chi connectivity index (χ1v) is 8.73. The molecule has 1 amide bonds. The zero-order chi connectivity index (χ0) is 16.2. The van der Waals surface area contributed by atoms with E-state index < -0.39 is 0 Å². The maximum absolute atomic E-state index is 12.6. The van der Waals surface area contributed by atoms with Crippen LogP contribution >= 0.6 is 24.2 Å². The molecule has 1 aromatic carbocycles. The van der Waals surface area contributed by atoms with E-state index in [4.69, 9.17) is 0 Å². The zero-order valence-electron chi connectivity index (χ0n) is 13.9. The van der Waals surface area contributed by atoms with Crippen LogP contribution in [0.25, 0.3) is 0 Å². The highest BCUT2D eigenvalue weighted by Gasteiger charge is 2.25. The summed E-state index contributed by atoms with van der Waals surface area (Å²) in [7, 11) is 1.97. The first-order chi connectivity index (χ1) is 11.1. The topological polar surface area (TPSA) is 59.0 Å². The third-order valence-corrected chi connectivity index (χ3v) is 5.27. The second-order valence-corrected chi connectivity index (χ2v) is 6.99. The predicted molar refractivity (Wildman–Crippen MR) is 99.8 cm³/mol. The van der Waals surface area contributed by atoms with Crippen molar-refractivity contribution in [2.75, 3.05) is 11.9 Å². The number of hydrogen-bond donors (Lipinski definition) is 2. The van der Waals surface area contributed by atoms with Crippen molar-refractivity contribution in [3.8, 4) is 0 Å². The van der Waals surface area contributed by atoms with Gasteiger partial charge in [-0.2, -0.15) is 0 Å². The summed E-state index contributed by atoms with van der Waals surface area (Å²) in [6.07, 6.45) is 5.48. The van der Waals surface area contributed by atoms with E-state index in [0.717, 1.165) is 35.1 Å². The number of rotatable bonds is 4. The Morgan fingerprint density at radius 3 is 2.92 bits per heavy atom. The number of carbonyl (C=O) groups excluding carboxylic acids is 1. The average Bonchev–Trinajstić information content (AvgIpc) is 2.94. The summed E-state index contributed by atoms with van der Waals surface area (Å²) in [4.78, 5) is 17.9. The molecule has 0 unspecified atom stereocenters. The summed E-state index contributed by atoms with van der Waals surface area (Å²) in [5, 5.41) is 7.40. The molecule has 5 nitrogen and oxygen atoms in total. The highest BCUT2D eigenvalue weighted by Crippen LogP contribution is 2.32. The van der Waals surface area contributed by atoms with Crippen molar-refractivity contribution < 1.29 is 4.79 Å². The number of nitrogens with zero attached hydrogens (tertiary/aromatic N) is 2. The number of carbonyl (C=O) groups is 1. The fourth-order valence-corrected chi connectivity index (χ4v) is 3.70. The van der Waals surface area contributed by atoms with Crippen LogP contribution in [0.2, 0.25) is 0 Å². The third-order valence-electron chi connectivity index (χ3n) is 4.12. The van der Waals surface area contributed by atoms with Gasteiger partial charge in [0.25, 0.3) is 0 Å². The van der Waals surface area contributed by atoms with Crippen molar-refractivity contribution in [1.29, 1.82) is 0 Å². The van der Waals surface area contributed by atoms with Crippen LogP contribution in [0, 0.1) is 5.92 Å². The Labute approximate surface area is 153 Å². The van der Waals surface area contributed by atoms with Crippen LogP contribution in [-0.4, -0.2) is 28.0 Å². The minimum Gasteiger partial charge on any atom is -0.329 e. The number of amides is 1. The smallest absolute Gasteiger partial charge is 0.227 e. The van der Waals surface area contributed by atoms with Gasteiger partial charge in [0, 0.05) is 36.3 Å². The van der Waals surface area contributed by atoms with E-state index in [1.807, 2.05) is 42.1 Å². The third kappa shape index (κ3) is 4.53. The Balaban J connectivity index is 0.00000208. The number of anilines is 1. The van der Waals surface area contributed by atoms with Crippen molar-refractivity contribution >= 4 is 35.8 Å². The first-order valence-electron chi connectivity index (χ1n) is 7.92. The van der Waals surface area contributed by atoms with Gasteiger partial charge in [0.15, 0.2) is 5.16 Å². The number of hydrogen-bond acceptors (Lipinski definition) is 4. The minimum atomic E-state index is 0. The van der Waals surface area contributed by atoms with Crippen LogP contribution in [0.3, 0.4) is 0 Å². The molecule has 1 fully saturated rings. The van der Waals surface area contributed by atoms with Gasteiger partial charge in [0.1, 0.15) is 0 Å². The molecule has 0 aliphatic carbocycles. The standard InChI is InChI=1S/C17H22N4OS.ClH/c1-12-11-13(7-8-18-12)16(22)20-14-5-3-4-6-15(14)23-17-19-9-10-21(17)2;/h3-6,9-10,12-13,18H,7-8,11H2,1-2H3,(H,20,22);1H/t12-,13-;/m0./s1. The molecule has 0 bridgehead atoms. The van der Waals surface area contributed by atoms with Crippen molar-refractivity contribution in [1.82, 2.24) is 14.9 Å². The van der Waals surface area contributed by atoms with E-state index >= 15 is 0 Å². The fourth-order valence-electron chi connectivity index (χ4n) is 2.81. The van der Waals surface area contributed by atoms with E-state index in [9.17, 15) is 4.79 Å². The highest BCUT2D eigenvalue weighted by molar-refractivity contribution is 7.99. The van der Waals surface area contributed by atoms with Gasteiger partial charge in [-0.1, -0.05) is 12.1 Å². The van der Waals surface area contributed by atoms with Crippen LogP contribution in [0.1, 0.15) is 19.8 Å². The predicted octanol–water partition coefficient (Wildman–Crippen LogP) is 3.32. The Kier molecular flexibility index (Phi) is 6.71. The molecular formula is C17H23ClN4OS. The van der Waals surface area contributed by atoms with Gasteiger partial charge in [-0.3, -0.25) is 4.79 Å². The van der Waals surface area contributed by atoms with Gasteiger partial charge in [0.2, 0.25) is 5.91 Å². The molecule has 1 saturated heterocycles. The SMILES string of the molecule is C[C@H]1C[C@@H](C(=O)Nc2ccccc2Sc2nccn2C)CCN1.Cl. The second-order valence-electron chi connectivity index (χ2n) is 5.98. The monoisotopic (exact) mass is 366 g/mol. The average molecular weight is 367 g/mol. The van der Waals surface area contributed by atoms with Crippen LogP contribution in [0.15, 0.2) is 46.7 Å². The Bertz CT molecular complexity index is 691. The maximum atomic E-state index is 12.6. The van der Waals surface area contributed by atoms with E-state index in [1.165, 1.54) is 0 Å². The summed E-state index contributed by atoms with van der Waals surface area (Å²) in [5.74, 6) is 0.198.